The van der Waals surface area contributed by atoms with Crippen molar-refractivity contribution in [3.05, 3.63) is 105 Å². The number of carbonyl (C=O) groups is 1. The number of amides is 1. The molecule has 34 heavy (non-hydrogen) atoms. The van der Waals surface area contributed by atoms with Crippen LogP contribution in [0.5, 0.6) is 0 Å². The Morgan fingerprint density at radius 3 is 2.41 bits per heavy atom. The fraction of sp³-hybridized carbons (Fsp3) is 0.269. The highest BCUT2D eigenvalue weighted by Crippen LogP contribution is 2.30. The smallest absolute Gasteiger partial charge is 0.251 e. The second-order valence-electron chi connectivity index (χ2n) is 8.25. The number of H-pyrrole nitrogens is 1. The van der Waals surface area contributed by atoms with Gasteiger partial charge in [-0.3, -0.25) is 9.59 Å². The minimum Gasteiger partial charge on any atom is -0.411 e. The summed E-state index contributed by atoms with van der Waals surface area (Å²) in [6.07, 6.45) is 0.909. The Kier molecular flexibility index (Phi) is 8.34. The van der Waals surface area contributed by atoms with Crippen LogP contribution in [0.15, 0.2) is 70.7 Å². The zero-order valence-corrected chi connectivity index (χ0v) is 19.2. The molecule has 1 aromatic heterocycles. The molecule has 0 spiro atoms. The molecule has 8 heteroatoms. The van der Waals surface area contributed by atoms with E-state index in [0.29, 0.717) is 23.3 Å². The molecule has 2 aromatic carbocycles. The summed E-state index contributed by atoms with van der Waals surface area (Å²) >= 11 is 0. The van der Waals surface area contributed by atoms with Crippen molar-refractivity contribution in [2.45, 2.75) is 32.3 Å². The Morgan fingerprint density at radius 2 is 1.79 bits per heavy atom. The quantitative estimate of drug-likeness (QED) is 0.189. The van der Waals surface area contributed by atoms with Gasteiger partial charge in [-0.2, -0.15) is 0 Å². The van der Waals surface area contributed by atoms with Crippen molar-refractivity contribution in [1.82, 2.24) is 10.3 Å². The summed E-state index contributed by atoms with van der Waals surface area (Å²) < 4.78 is 0. The topological polar surface area (TPSA) is 135 Å². The van der Waals surface area contributed by atoms with Gasteiger partial charge in [-0.05, 0) is 54.3 Å². The first kappa shape index (κ1) is 24.9. The van der Waals surface area contributed by atoms with Gasteiger partial charge in [0.2, 0.25) is 0 Å². The molecule has 8 nitrogen and oxygen atoms in total. The molecule has 0 aliphatic heterocycles. The summed E-state index contributed by atoms with van der Waals surface area (Å²) in [4.78, 5) is 26.8. The maximum absolute atomic E-state index is 12.4. The highest BCUT2D eigenvalue weighted by Gasteiger charge is 2.24. The molecule has 3 rings (SSSR count). The molecule has 178 valence electrons. The van der Waals surface area contributed by atoms with Crippen molar-refractivity contribution in [3.8, 4) is 0 Å². The summed E-state index contributed by atoms with van der Waals surface area (Å²) in [6, 6.07) is 16.5. The molecule has 0 radical (unpaired) electrons. The van der Waals surface area contributed by atoms with Crippen molar-refractivity contribution < 1.29 is 20.2 Å². The Bertz CT molecular complexity index is 1220. The normalized spacial score (nSPS) is 13.4. The number of nitrogens with zero attached hydrogens (tertiary/aromatic N) is 1. The van der Waals surface area contributed by atoms with Crippen LogP contribution in [-0.4, -0.2) is 51.3 Å². The van der Waals surface area contributed by atoms with E-state index in [4.69, 9.17) is 5.11 Å². The number of aromatic nitrogens is 1. The van der Waals surface area contributed by atoms with Crippen molar-refractivity contribution in [2.24, 2.45) is 5.16 Å². The van der Waals surface area contributed by atoms with Crippen molar-refractivity contribution in [3.63, 3.8) is 0 Å². The predicted octanol–water partition coefficient (Wildman–Crippen LogP) is 2.28. The van der Waals surface area contributed by atoms with Gasteiger partial charge >= 0.3 is 0 Å². The molecule has 0 saturated carbocycles. The monoisotopic (exact) mass is 463 g/mol. The molecule has 2 atom stereocenters. The third-order valence-corrected chi connectivity index (χ3v) is 5.71. The van der Waals surface area contributed by atoms with Crippen LogP contribution >= 0.6 is 0 Å². The number of aromatic amines is 1. The molecule has 0 aliphatic carbocycles. The van der Waals surface area contributed by atoms with Crippen LogP contribution in [0.1, 0.15) is 44.1 Å². The van der Waals surface area contributed by atoms with Gasteiger partial charge in [0.1, 0.15) is 0 Å². The SMILES string of the molecule is Cc1ccccc1C(/C(Cc1c[nH]c(=O)c(C)c1)=N/O)c1ccc(C(=O)NC[C@@H](O)CO)cc1. The summed E-state index contributed by atoms with van der Waals surface area (Å²) in [6.45, 7) is 3.22. The number of carbonyl (C=O) groups excluding carboxylic acids is 1. The lowest BCUT2D eigenvalue weighted by Gasteiger charge is -2.22. The van der Waals surface area contributed by atoms with Gasteiger partial charge in [0, 0.05) is 30.3 Å². The zero-order chi connectivity index (χ0) is 24.7. The summed E-state index contributed by atoms with van der Waals surface area (Å²) in [5.74, 6) is -0.752. The number of nitrogens with one attached hydrogen (secondary N) is 2. The number of oxime groups is 1. The highest BCUT2D eigenvalue weighted by atomic mass is 16.4. The summed E-state index contributed by atoms with van der Waals surface area (Å²) in [7, 11) is 0. The number of hydrogen-bond acceptors (Lipinski definition) is 6. The van der Waals surface area contributed by atoms with Gasteiger partial charge in [0.15, 0.2) is 0 Å². The van der Waals surface area contributed by atoms with E-state index >= 15 is 0 Å². The van der Waals surface area contributed by atoms with Crippen molar-refractivity contribution in [1.29, 1.82) is 0 Å². The lowest BCUT2D eigenvalue weighted by molar-refractivity contribution is 0.0802. The van der Waals surface area contributed by atoms with Gasteiger partial charge in [-0.1, -0.05) is 41.6 Å². The van der Waals surface area contributed by atoms with E-state index in [-0.39, 0.29) is 23.9 Å². The number of pyridine rings is 1. The van der Waals surface area contributed by atoms with Crippen LogP contribution in [0.2, 0.25) is 0 Å². The molecule has 1 heterocycles. The fourth-order valence-electron chi connectivity index (χ4n) is 3.83. The third kappa shape index (κ3) is 5.98. The molecule has 0 fully saturated rings. The fourth-order valence-corrected chi connectivity index (χ4v) is 3.83. The molecule has 3 aromatic rings. The Balaban J connectivity index is 1.95. The van der Waals surface area contributed by atoms with E-state index in [2.05, 4.69) is 15.5 Å². The number of aliphatic hydroxyl groups is 2. The van der Waals surface area contributed by atoms with E-state index in [1.165, 1.54) is 0 Å². The van der Waals surface area contributed by atoms with E-state index in [0.717, 1.165) is 22.3 Å². The largest absolute Gasteiger partial charge is 0.411 e. The van der Waals surface area contributed by atoms with Crippen LogP contribution in [0.25, 0.3) is 0 Å². The predicted molar refractivity (Wildman–Crippen MR) is 130 cm³/mol. The van der Waals surface area contributed by atoms with Crippen LogP contribution in [0.4, 0.5) is 0 Å². The highest BCUT2D eigenvalue weighted by molar-refractivity contribution is 5.96. The van der Waals surface area contributed by atoms with Gasteiger partial charge in [0.05, 0.1) is 24.3 Å². The lowest BCUT2D eigenvalue weighted by Crippen LogP contribution is -2.33. The molecular formula is C26H29N3O5. The molecule has 5 N–H and O–H groups in total. The van der Waals surface area contributed by atoms with Crippen LogP contribution in [0.3, 0.4) is 0 Å². The maximum atomic E-state index is 12.4. The van der Waals surface area contributed by atoms with Gasteiger partial charge < -0.3 is 25.7 Å². The van der Waals surface area contributed by atoms with Crippen molar-refractivity contribution >= 4 is 11.6 Å². The standard InChI is InChI=1S/C26H29N3O5/c1-16-5-3-4-6-22(16)24(23(29-34)12-18-11-17(2)25(32)27-13-18)19-7-9-20(10-8-19)26(33)28-14-21(31)15-30/h3-11,13,21,24,30-31,34H,12,14-15H2,1-2H3,(H,27,32)(H,28,33)/b29-23+/t21-,24?/m1/s1. The first-order valence-corrected chi connectivity index (χ1v) is 11.0. The summed E-state index contributed by atoms with van der Waals surface area (Å²) in [5, 5.41) is 34.6. The van der Waals surface area contributed by atoms with Crippen LogP contribution < -0.4 is 10.9 Å². The second-order valence-corrected chi connectivity index (χ2v) is 8.25. The molecule has 0 aliphatic rings. The van der Waals surface area contributed by atoms with Gasteiger partial charge in [-0.15, -0.1) is 0 Å². The lowest BCUT2D eigenvalue weighted by atomic mass is 9.82. The van der Waals surface area contributed by atoms with E-state index in [1.54, 1.807) is 43.5 Å². The first-order valence-electron chi connectivity index (χ1n) is 11.0. The third-order valence-electron chi connectivity index (χ3n) is 5.71. The van der Waals surface area contributed by atoms with Gasteiger partial charge in [-0.25, -0.2) is 0 Å². The Hall–Kier alpha value is -3.75. The number of rotatable bonds is 9. The number of aryl methyl sites for hydroxylation is 2. The van der Waals surface area contributed by atoms with Crippen LogP contribution in [-0.2, 0) is 6.42 Å². The van der Waals surface area contributed by atoms with E-state index in [1.807, 2.05) is 31.2 Å². The Labute approximate surface area is 197 Å². The Morgan fingerprint density at radius 1 is 1.09 bits per heavy atom. The average Bonchev–Trinajstić information content (AvgIpc) is 2.85. The van der Waals surface area contributed by atoms with E-state index < -0.39 is 12.7 Å². The molecular weight excluding hydrogens is 434 g/mol. The molecule has 0 saturated heterocycles. The average molecular weight is 464 g/mol. The minimum atomic E-state index is -1.02. The first-order chi connectivity index (χ1) is 16.3. The second kappa shape index (κ2) is 11.4. The number of hydrogen-bond donors (Lipinski definition) is 5. The van der Waals surface area contributed by atoms with Gasteiger partial charge in [0.25, 0.3) is 11.5 Å². The van der Waals surface area contributed by atoms with Crippen molar-refractivity contribution in [2.75, 3.05) is 13.2 Å². The molecule has 0 bridgehead atoms. The molecule has 1 amide bonds. The number of benzene rings is 2. The number of aliphatic hydroxyl groups excluding tert-OH is 2. The summed E-state index contributed by atoms with van der Waals surface area (Å²) in [5.41, 5.74) is 4.91. The maximum Gasteiger partial charge on any atom is 0.251 e. The van der Waals surface area contributed by atoms with Crippen LogP contribution in [0, 0.1) is 13.8 Å². The zero-order valence-electron chi connectivity index (χ0n) is 19.2. The minimum absolute atomic E-state index is 0.0528. The molecule has 1 unspecified atom stereocenters. The van der Waals surface area contributed by atoms with E-state index in [9.17, 15) is 19.9 Å².